The van der Waals surface area contributed by atoms with E-state index >= 15 is 0 Å². The van der Waals surface area contributed by atoms with Crippen LogP contribution in [0.2, 0.25) is 0 Å². The van der Waals surface area contributed by atoms with Crippen LogP contribution in [-0.2, 0) is 0 Å². The minimum Gasteiger partial charge on any atom is -0.396 e. The summed E-state index contributed by atoms with van der Waals surface area (Å²) in [6.07, 6.45) is 5.92. The summed E-state index contributed by atoms with van der Waals surface area (Å²) in [7, 11) is 0. The molecule has 0 aliphatic heterocycles. The first-order valence-electron chi connectivity index (χ1n) is 8.93. The van der Waals surface area contributed by atoms with Gasteiger partial charge in [0.1, 0.15) is 11.6 Å². The fraction of sp³-hybridized carbons (Fsp3) is 0.450. The molecule has 130 valence electrons. The molecular weight excluding hydrogens is 296 g/mol. The van der Waals surface area contributed by atoms with Crippen molar-refractivity contribution in [2.24, 2.45) is 5.92 Å². The molecule has 0 radical (unpaired) electrons. The van der Waals surface area contributed by atoms with Gasteiger partial charge in [-0.1, -0.05) is 63.4 Å². The van der Waals surface area contributed by atoms with Crippen LogP contribution in [0.1, 0.15) is 63.0 Å². The zero-order chi connectivity index (χ0) is 17.5. The lowest BCUT2D eigenvalue weighted by atomic mass is 9.83. The standard InChI is InChI=1S/C20H30N4/c1-3-8-14(4-2)11-12-16(15-9-6-5-7-10-15)17-13-18(21)24-20(23)19(17)22/h5-7,9-10,13-14,16H,3-4,8,11-12,22H2,1-2H3,(H4,21,23,24). The fourth-order valence-electron chi connectivity index (χ4n) is 3.46. The van der Waals surface area contributed by atoms with Gasteiger partial charge in [0.25, 0.3) is 0 Å². The monoisotopic (exact) mass is 326 g/mol. The van der Waals surface area contributed by atoms with Crippen LogP contribution >= 0.6 is 0 Å². The van der Waals surface area contributed by atoms with Crippen molar-refractivity contribution in [1.82, 2.24) is 4.98 Å². The Morgan fingerprint density at radius 2 is 1.67 bits per heavy atom. The second-order valence-electron chi connectivity index (χ2n) is 6.54. The van der Waals surface area contributed by atoms with Gasteiger partial charge in [0.15, 0.2) is 0 Å². The van der Waals surface area contributed by atoms with Crippen molar-refractivity contribution in [2.75, 3.05) is 17.2 Å². The first kappa shape index (κ1) is 18.1. The minimum absolute atomic E-state index is 0.199. The summed E-state index contributed by atoms with van der Waals surface area (Å²) in [6.45, 7) is 4.52. The number of anilines is 3. The molecule has 0 bridgehead atoms. The van der Waals surface area contributed by atoms with Crippen molar-refractivity contribution in [3.05, 3.63) is 47.5 Å². The van der Waals surface area contributed by atoms with Crippen LogP contribution in [0.15, 0.2) is 36.4 Å². The van der Waals surface area contributed by atoms with Crippen molar-refractivity contribution in [2.45, 2.75) is 51.9 Å². The largest absolute Gasteiger partial charge is 0.396 e. The molecule has 0 aliphatic rings. The molecule has 6 N–H and O–H groups in total. The number of hydrogen-bond donors (Lipinski definition) is 3. The van der Waals surface area contributed by atoms with E-state index in [4.69, 9.17) is 17.2 Å². The molecule has 4 nitrogen and oxygen atoms in total. The van der Waals surface area contributed by atoms with Gasteiger partial charge in [-0.2, -0.15) is 0 Å². The fourth-order valence-corrected chi connectivity index (χ4v) is 3.46. The average Bonchev–Trinajstić information content (AvgIpc) is 2.59. The van der Waals surface area contributed by atoms with Gasteiger partial charge in [0, 0.05) is 5.92 Å². The number of rotatable bonds is 8. The van der Waals surface area contributed by atoms with E-state index in [9.17, 15) is 0 Å². The van der Waals surface area contributed by atoms with Gasteiger partial charge in [0.2, 0.25) is 0 Å². The van der Waals surface area contributed by atoms with E-state index in [0.717, 1.165) is 17.9 Å². The summed E-state index contributed by atoms with van der Waals surface area (Å²) < 4.78 is 0. The SMILES string of the molecule is CCCC(CC)CCC(c1ccccc1)c1cc(N)nc(N)c1N. The Morgan fingerprint density at radius 1 is 0.958 bits per heavy atom. The van der Waals surface area contributed by atoms with Crippen molar-refractivity contribution in [1.29, 1.82) is 0 Å². The highest BCUT2D eigenvalue weighted by Gasteiger charge is 2.20. The first-order valence-corrected chi connectivity index (χ1v) is 8.93. The van der Waals surface area contributed by atoms with Gasteiger partial charge in [-0.3, -0.25) is 0 Å². The molecule has 0 aliphatic carbocycles. The van der Waals surface area contributed by atoms with Crippen LogP contribution in [0, 0.1) is 5.92 Å². The topological polar surface area (TPSA) is 90.9 Å². The van der Waals surface area contributed by atoms with Crippen LogP contribution in [0.4, 0.5) is 17.3 Å². The van der Waals surface area contributed by atoms with Crippen molar-refractivity contribution < 1.29 is 0 Å². The average molecular weight is 326 g/mol. The van der Waals surface area contributed by atoms with Gasteiger partial charge >= 0.3 is 0 Å². The summed E-state index contributed by atoms with van der Waals surface area (Å²) in [5.41, 5.74) is 20.9. The zero-order valence-corrected chi connectivity index (χ0v) is 14.8. The van der Waals surface area contributed by atoms with Gasteiger partial charge in [-0.05, 0) is 36.0 Å². The number of hydrogen-bond acceptors (Lipinski definition) is 4. The third kappa shape index (κ3) is 4.40. The van der Waals surface area contributed by atoms with Crippen LogP contribution in [0.5, 0.6) is 0 Å². The number of benzene rings is 1. The Labute approximate surface area is 145 Å². The molecule has 1 aromatic carbocycles. The first-order chi connectivity index (χ1) is 11.6. The highest BCUT2D eigenvalue weighted by molar-refractivity contribution is 5.68. The summed E-state index contributed by atoms with van der Waals surface area (Å²) in [5.74, 6) is 1.70. The van der Waals surface area contributed by atoms with Gasteiger partial charge in [-0.15, -0.1) is 0 Å². The number of pyridine rings is 1. The van der Waals surface area contributed by atoms with E-state index in [1.54, 1.807) is 0 Å². The zero-order valence-electron chi connectivity index (χ0n) is 14.8. The van der Waals surface area contributed by atoms with E-state index in [2.05, 4.69) is 43.1 Å². The van der Waals surface area contributed by atoms with E-state index in [1.807, 2.05) is 12.1 Å². The Hall–Kier alpha value is -2.23. The summed E-state index contributed by atoms with van der Waals surface area (Å²) in [5, 5.41) is 0. The molecule has 2 atom stereocenters. The van der Waals surface area contributed by atoms with E-state index in [-0.39, 0.29) is 5.92 Å². The molecular formula is C20H30N4. The molecule has 2 unspecified atom stereocenters. The third-order valence-electron chi connectivity index (χ3n) is 4.86. The second-order valence-corrected chi connectivity index (χ2v) is 6.54. The Balaban J connectivity index is 2.34. The van der Waals surface area contributed by atoms with Crippen molar-refractivity contribution in [3.63, 3.8) is 0 Å². The lowest BCUT2D eigenvalue weighted by molar-refractivity contribution is 0.410. The predicted octanol–water partition coefficient (Wildman–Crippen LogP) is 4.57. The maximum absolute atomic E-state index is 6.24. The van der Waals surface area contributed by atoms with E-state index in [0.29, 0.717) is 17.3 Å². The van der Waals surface area contributed by atoms with Gasteiger partial charge < -0.3 is 17.2 Å². The third-order valence-corrected chi connectivity index (χ3v) is 4.86. The summed E-state index contributed by atoms with van der Waals surface area (Å²) in [4.78, 5) is 4.08. The molecule has 2 aromatic rings. The Morgan fingerprint density at radius 3 is 2.29 bits per heavy atom. The number of nitrogens with zero attached hydrogens (tertiary/aromatic N) is 1. The van der Waals surface area contributed by atoms with Crippen molar-refractivity contribution in [3.8, 4) is 0 Å². The Bertz CT molecular complexity index is 640. The van der Waals surface area contributed by atoms with Crippen LogP contribution < -0.4 is 17.2 Å². The van der Waals surface area contributed by atoms with Gasteiger partial charge in [0.05, 0.1) is 5.69 Å². The lowest BCUT2D eigenvalue weighted by Gasteiger charge is -2.23. The Kier molecular flexibility index (Phi) is 6.47. The molecule has 0 saturated carbocycles. The maximum Gasteiger partial charge on any atom is 0.149 e. The van der Waals surface area contributed by atoms with Crippen molar-refractivity contribution >= 4 is 17.3 Å². The minimum atomic E-state index is 0.199. The molecule has 1 aromatic heterocycles. The van der Waals surface area contributed by atoms with E-state index < -0.39 is 0 Å². The molecule has 4 heteroatoms. The highest BCUT2D eigenvalue weighted by Crippen LogP contribution is 2.37. The molecule has 0 fully saturated rings. The second kappa shape index (κ2) is 8.57. The quantitative estimate of drug-likeness (QED) is 0.663. The lowest BCUT2D eigenvalue weighted by Crippen LogP contribution is -2.11. The molecule has 1 heterocycles. The number of nitrogen functional groups attached to an aromatic ring is 3. The summed E-state index contributed by atoms with van der Waals surface area (Å²) in [6, 6.07) is 12.3. The molecule has 0 saturated heterocycles. The van der Waals surface area contributed by atoms with E-state index in [1.165, 1.54) is 31.2 Å². The summed E-state index contributed by atoms with van der Waals surface area (Å²) >= 11 is 0. The van der Waals surface area contributed by atoms with Gasteiger partial charge in [-0.25, -0.2) is 4.98 Å². The number of nitrogens with two attached hydrogens (primary N) is 3. The predicted molar refractivity (Wildman–Crippen MR) is 104 cm³/mol. The maximum atomic E-state index is 6.24. The highest BCUT2D eigenvalue weighted by atomic mass is 14.9. The van der Waals surface area contributed by atoms with Crippen LogP contribution in [-0.4, -0.2) is 4.98 Å². The molecule has 24 heavy (non-hydrogen) atoms. The molecule has 0 spiro atoms. The number of aromatic nitrogens is 1. The molecule has 2 rings (SSSR count). The normalized spacial score (nSPS) is 13.6. The van der Waals surface area contributed by atoms with Crippen LogP contribution in [0.25, 0.3) is 0 Å². The molecule has 0 amide bonds. The smallest absolute Gasteiger partial charge is 0.149 e. The van der Waals surface area contributed by atoms with Crippen LogP contribution in [0.3, 0.4) is 0 Å².